The maximum absolute atomic E-state index is 5.65. The van der Waals surface area contributed by atoms with Crippen molar-refractivity contribution >= 4 is 39.1 Å². The van der Waals surface area contributed by atoms with Crippen molar-refractivity contribution in [2.24, 2.45) is 0 Å². The Balaban J connectivity index is 1.53. The number of pyridine rings is 1. The van der Waals surface area contributed by atoms with Crippen LogP contribution in [0.2, 0.25) is 0 Å². The second-order valence-electron chi connectivity index (χ2n) is 7.48. The highest BCUT2D eigenvalue weighted by molar-refractivity contribution is 7.22. The van der Waals surface area contributed by atoms with Crippen LogP contribution in [0.15, 0.2) is 36.8 Å². The fourth-order valence-corrected chi connectivity index (χ4v) is 4.66. The lowest BCUT2D eigenvalue weighted by molar-refractivity contribution is 0.122. The average molecular weight is 465 g/mol. The predicted octanol–water partition coefficient (Wildman–Crippen LogP) is 2.69. The summed E-state index contributed by atoms with van der Waals surface area (Å²) >= 11 is 1.67. The number of ether oxygens (including phenoxy) is 2. The molecule has 1 aliphatic rings. The van der Waals surface area contributed by atoms with E-state index in [-0.39, 0.29) is 5.95 Å². The van der Waals surface area contributed by atoms with Crippen molar-refractivity contribution in [2.75, 3.05) is 62.5 Å². The molecule has 5 heterocycles. The molecule has 33 heavy (non-hydrogen) atoms. The van der Waals surface area contributed by atoms with Crippen molar-refractivity contribution in [2.45, 2.75) is 0 Å². The molecule has 0 radical (unpaired) electrons. The summed E-state index contributed by atoms with van der Waals surface area (Å²) in [5, 5.41) is 3.24. The van der Waals surface area contributed by atoms with Gasteiger partial charge in [-0.1, -0.05) is 0 Å². The molecule has 0 bridgehead atoms. The minimum atomic E-state index is 0.221. The zero-order chi connectivity index (χ0) is 22.6. The molecule has 0 aromatic carbocycles. The third-order valence-corrected chi connectivity index (χ3v) is 6.42. The number of nitrogen functional groups attached to an aromatic ring is 1. The molecule has 5 rings (SSSR count). The number of thiophene rings is 1. The average Bonchev–Trinajstić information content (AvgIpc) is 3.29. The van der Waals surface area contributed by atoms with E-state index in [0.29, 0.717) is 32.2 Å². The molecule has 3 N–H and O–H groups in total. The van der Waals surface area contributed by atoms with E-state index in [0.717, 1.165) is 50.9 Å². The van der Waals surface area contributed by atoms with Gasteiger partial charge in [-0.05, 0) is 18.2 Å². The minimum absolute atomic E-state index is 0.221. The highest BCUT2D eigenvalue weighted by Crippen LogP contribution is 2.38. The van der Waals surface area contributed by atoms with Gasteiger partial charge in [0.2, 0.25) is 5.95 Å². The monoisotopic (exact) mass is 464 g/mol. The summed E-state index contributed by atoms with van der Waals surface area (Å²) in [5.74, 6) is 2.51. The van der Waals surface area contributed by atoms with Crippen molar-refractivity contribution in [1.29, 1.82) is 0 Å². The van der Waals surface area contributed by atoms with Gasteiger partial charge >= 0.3 is 0 Å². The first-order valence-corrected chi connectivity index (χ1v) is 11.4. The molecule has 10 nitrogen and oxygen atoms in total. The smallest absolute Gasteiger partial charge is 0.219 e. The van der Waals surface area contributed by atoms with Crippen molar-refractivity contribution in [3.05, 3.63) is 36.8 Å². The minimum Gasteiger partial charge on any atom is -0.383 e. The molecule has 1 aliphatic heterocycles. The van der Waals surface area contributed by atoms with Crippen LogP contribution in [0.3, 0.4) is 0 Å². The number of fused-ring (bicyclic) bond motifs is 1. The van der Waals surface area contributed by atoms with Gasteiger partial charge in [-0.15, -0.1) is 11.3 Å². The van der Waals surface area contributed by atoms with Gasteiger partial charge in [-0.2, -0.15) is 0 Å². The third kappa shape index (κ3) is 4.70. The Bertz CT molecular complexity index is 1220. The molecule has 0 amide bonds. The van der Waals surface area contributed by atoms with Crippen molar-refractivity contribution in [3.63, 3.8) is 0 Å². The first-order chi connectivity index (χ1) is 16.2. The number of anilines is 3. The number of hydrogen-bond acceptors (Lipinski definition) is 11. The Morgan fingerprint density at radius 3 is 2.61 bits per heavy atom. The van der Waals surface area contributed by atoms with E-state index in [4.69, 9.17) is 25.2 Å². The van der Waals surface area contributed by atoms with Gasteiger partial charge in [0.1, 0.15) is 5.82 Å². The fraction of sp³-hybridized carbons (Fsp3) is 0.318. The van der Waals surface area contributed by atoms with E-state index in [9.17, 15) is 0 Å². The number of morpholine rings is 1. The molecule has 1 fully saturated rings. The summed E-state index contributed by atoms with van der Waals surface area (Å²) in [7, 11) is 1.68. The van der Waals surface area contributed by atoms with Gasteiger partial charge in [0.15, 0.2) is 11.6 Å². The molecule has 0 saturated carbocycles. The molecule has 0 aliphatic carbocycles. The van der Waals surface area contributed by atoms with Crippen LogP contribution in [0.25, 0.3) is 32.0 Å². The summed E-state index contributed by atoms with van der Waals surface area (Å²) in [6, 6.07) is 6.12. The highest BCUT2D eigenvalue weighted by atomic mass is 32.1. The van der Waals surface area contributed by atoms with E-state index in [1.165, 1.54) is 0 Å². The Kier molecular flexibility index (Phi) is 6.24. The number of methoxy groups -OCH3 is 1. The van der Waals surface area contributed by atoms with Gasteiger partial charge in [0.25, 0.3) is 0 Å². The van der Waals surface area contributed by atoms with Crippen LogP contribution in [-0.4, -0.2) is 71.5 Å². The van der Waals surface area contributed by atoms with Crippen LogP contribution < -0.4 is 16.0 Å². The van der Waals surface area contributed by atoms with Crippen molar-refractivity contribution < 1.29 is 9.47 Å². The maximum atomic E-state index is 5.65. The molecular formula is C22H24N8O2S. The standard InChI is InChI=1S/C22H24N8O2S/c1-31-7-4-24-18-3-2-14(11-25-18)17-10-16-19(33-17)21(30-5-8-32-9-6-30)29-20(28-16)15-12-26-22(23)27-13-15/h2-3,10-13H,4-9H2,1H3,(H,24,25)(H2,23,26,27). The highest BCUT2D eigenvalue weighted by Gasteiger charge is 2.21. The predicted molar refractivity (Wildman–Crippen MR) is 129 cm³/mol. The maximum Gasteiger partial charge on any atom is 0.219 e. The topological polar surface area (TPSA) is 124 Å². The largest absolute Gasteiger partial charge is 0.383 e. The molecule has 0 unspecified atom stereocenters. The van der Waals surface area contributed by atoms with Crippen molar-refractivity contribution in [3.8, 4) is 21.8 Å². The quantitative estimate of drug-likeness (QED) is 0.394. The number of nitrogens with zero attached hydrogens (tertiary/aromatic N) is 6. The lowest BCUT2D eigenvalue weighted by atomic mass is 10.2. The summed E-state index contributed by atoms with van der Waals surface area (Å²) in [6.45, 7) is 4.24. The van der Waals surface area contributed by atoms with Gasteiger partial charge < -0.3 is 25.4 Å². The summed E-state index contributed by atoms with van der Waals surface area (Å²) < 4.78 is 11.7. The first-order valence-electron chi connectivity index (χ1n) is 10.6. The second-order valence-corrected chi connectivity index (χ2v) is 8.53. The number of aromatic nitrogens is 5. The SMILES string of the molecule is COCCNc1ccc(-c2cc3nc(-c4cnc(N)nc4)nc(N4CCOCC4)c3s2)cn1. The molecule has 0 spiro atoms. The lowest BCUT2D eigenvalue weighted by Gasteiger charge is -2.28. The Morgan fingerprint density at radius 2 is 1.88 bits per heavy atom. The number of hydrogen-bond donors (Lipinski definition) is 2. The van der Waals surface area contributed by atoms with E-state index in [1.54, 1.807) is 30.8 Å². The Morgan fingerprint density at radius 1 is 1.09 bits per heavy atom. The van der Waals surface area contributed by atoms with Crippen LogP contribution in [0, 0.1) is 0 Å². The van der Waals surface area contributed by atoms with E-state index in [1.807, 2.05) is 12.3 Å². The van der Waals surface area contributed by atoms with Gasteiger partial charge in [0.05, 0.1) is 35.6 Å². The Labute approximate surface area is 194 Å². The Hall–Kier alpha value is -3.41. The van der Waals surface area contributed by atoms with E-state index in [2.05, 4.69) is 37.3 Å². The van der Waals surface area contributed by atoms with Crippen LogP contribution in [0.4, 0.5) is 17.6 Å². The summed E-state index contributed by atoms with van der Waals surface area (Å²) in [4.78, 5) is 25.8. The van der Waals surface area contributed by atoms with Crippen molar-refractivity contribution in [1.82, 2.24) is 24.9 Å². The van der Waals surface area contributed by atoms with Crippen LogP contribution in [0.1, 0.15) is 0 Å². The zero-order valence-corrected chi connectivity index (χ0v) is 19.0. The van der Waals surface area contributed by atoms with Crippen LogP contribution >= 0.6 is 11.3 Å². The fourth-order valence-electron chi connectivity index (χ4n) is 3.55. The molecule has 1 saturated heterocycles. The molecule has 4 aromatic rings. The van der Waals surface area contributed by atoms with Crippen LogP contribution in [-0.2, 0) is 9.47 Å². The van der Waals surface area contributed by atoms with Gasteiger partial charge in [-0.25, -0.2) is 24.9 Å². The number of nitrogens with two attached hydrogens (primary N) is 1. The van der Waals surface area contributed by atoms with Crippen LogP contribution in [0.5, 0.6) is 0 Å². The summed E-state index contributed by atoms with van der Waals surface area (Å²) in [5.41, 5.74) is 8.28. The molecule has 4 aromatic heterocycles. The number of nitrogens with one attached hydrogen (secondary N) is 1. The summed E-state index contributed by atoms with van der Waals surface area (Å²) in [6.07, 6.45) is 5.18. The normalized spacial score (nSPS) is 14.0. The second kappa shape index (κ2) is 9.61. The molecule has 11 heteroatoms. The van der Waals surface area contributed by atoms with E-state index < -0.39 is 0 Å². The number of rotatable bonds is 7. The molecular weight excluding hydrogens is 440 g/mol. The van der Waals surface area contributed by atoms with Gasteiger partial charge in [0, 0.05) is 55.8 Å². The van der Waals surface area contributed by atoms with Gasteiger partial charge in [-0.3, -0.25) is 0 Å². The molecule has 0 atom stereocenters. The molecule has 170 valence electrons. The lowest BCUT2D eigenvalue weighted by Crippen LogP contribution is -2.36. The first kappa shape index (κ1) is 21.4. The zero-order valence-electron chi connectivity index (χ0n) is 18.2. The van der Waals surface area contributed by atoms with E-state index >= 15 is 0 Å². The third-order valence-electron chi connectivity index (χ3n) is 5.25.